The first-order chi connectivity index (χ1) is 6.77. The van der Waals surface area contributed by atoms with E-state index in [1.165, 1.54) is 22.3 Å². The Morgan fingerprint density at radius 3 is 3.00 bits per heavy atom. The summed E-state index contributed by atoms with van der Waals surface area (Å²) < 4.78 is 0. The molecule has 1 atom stereocenters. The second-order valence-corrected chi connectivity index (χ2v) is 4.36. The van der Waals surface area contributed by atoms with Crippen LogP contribution in [-0.4, -0.2) is 0 Å². The third-order valence-electron chi connectivity index (χ3n) is 3.45. The molecule has 0 radical (unpaired) electrons. The number of allylic oxidation sites excluding steroid dienone is 4. The van der Waals surface area contributed by atoms with E-state index in [-0.39, 0.29) is 0 Å². The predicted molar refractivity (Wildman–Crippen MR) is 60.3 cm³/mol. The Balaban J connectivity index is 2.25. The second kappa shape index (κ2) is 2.60. The van der Waals surface area contributed by atoms with E-state index in [0.717, 1.165) is 6.42 Å². The smallest absolute Gasteiger partial charge is 0.00384 e. The minimum absolute atomic E-state index is 0.634. The summed E-state index contributed by atoms with van der Waals surface area (Å²) in [4.78, 5) is 0. The molecule has 0 bridgehead atoms. The van der Waals surface area contributed by atoms with E-state index in [1.807, 2.05) is 0 Å². The summed E-state index contributed by atoms with van der Waals surface area (Å²) in [7, 11) is 0. The molecule has 0 spiro atoms. The van der Waals surface area contributed by atoms with Crippen LogP contribution in [0.15, 0.2) is 35.9 Å². The van der Waals surface area contributed by atoms with Gasteiger partial charge in [-0.2, -0.15) is 0 Å². The van der Waals surface area contributed by atoms with Crippen LogP contribution in [0.1, 0.15) is 36.0 Å². The number of hydrogen-bond acceptors (Lipinski definition) is 0. The Bertz CT molecular complexity index is 461. The van der Waals surface area contributed by atoms with Crippen LogP contribution in [0.2, 0.25) is 0 Å². The predicted octanol–water partition coefficient (Wildman–Crippen LogP) is 3.83. The fourth-order valence-corrected chi connectivity index (χ4v) is 2.67. The maximum absolute atomic E-state index is 2.34. The molecule has 0 aliphatic heterocycles. The monoisotopic (exact) mass is 182 g/mol. The molecule has 0 nitrogen and oxygen atoms in total. The number of benzene rings is 1. The van der Waals surface area contributed by atoms with E-state index in [0.29, 0.717) is 5.92 Å². The summed E-state index contributed by atoms with van der Waals surface area (Å²) in [6, 6.07) is 6.83. The summed E-state index contributed by atoms with van der Waals surface area (Å²) in [6.07, 6.45) is 5.72. The Hall–Kier alpha value is -1.30. The van der Waals surface area contributed by atoms with Gasteiger partial charge in [0.25, 0.3) is 0 Å². The lowest BCUT2D eigenvalue weighted by Crippen LogP contribution is -1.92. The molecule has 0 saturated heterocycles. The molecule has 0 fully saturated rings. The fourth-order valence-electron chi connectivity index (χ4n) is 2.67. The molecule has 0 heterocycles. The van der Waals surface area contributed by atoms with Crippen LogP contribution in [0, 0.1) is 6.92 Å². The van der Waals surface area contributed by atoms with Gasteiger partial charge in [0.1, 0.15) is 0 Å². The topological polar surface area (TPSA) is 0 Å². The summed E-state index contributed by atoms with van der Waals surface area (Å²) in [5, 5.41) is 0. The molecule has 1 aromatic carbocycles. The average molecular weight is 182 g/mol. The normalized spacial score (nSPS) is 22.9. The molecule has 70 valence electrons. The standard InChI is InChI=1S/C14H14/c1-9-6-7-13-12-5-3-4-11(12)10(2)14(13)8-9/h3,5-8,10H,4H2,1-2H3. The van der Waals surface area contributed by atoms with Crippen LogP contribution in [0.25, 0.3) is 5.57 Å². The van der Waals surface area contributed by atoms with Crippen molar-refractivity contribution < 1.29 is 0 Å². The van der Waals surface area contributed by atoms with Crippen molar-refractivity contribution in [2.24, 2.45) is 0 Å². The molecule has 0 aromatic heterocycles. The zero-order valence-corrected chi connectivity index (χ0v) is 8.67. The van der Waals surface area contributed by atoms with Gasteiger partial charge in [-0.25, -0.2) is 0 Å². The fraction of sp³-hybridized carbons (Fsp3) is 0.286. The molecule has 0 saturated carbocycles. The zero-order valence-electron chi connectivity index (χ0n) is 8.67. The van der Waals surface area contributed by atoms with E-state index in [1.54, 1.807) is 5.57 Å². The Kier molecular flexibility index (Phi) is 1.49. The Morgan fingerprint density at radius 2 is 2.14 bits per heavy atom. The molecule has 0 heteroatoms. The minimum Gasteiger partial charge on any atom is -0.0798 e. The lowest BCUT2D eigenvalue weighted by molar-refractivity contribution is 0.891. The molecular formula is C14H14. The number of fused-ring (bicyclic) bond motifs is 2. The van der Waals surface area contributed by atoms with Crippen molar-refractivity contribution in [2.45, 2.75) is 26.2 Å². The van der Waals surface area contributed by atoms with Crippen molar-refractivity contribution in [3.05, 3.63) is 52.6 Å². The first-order valence-corrected chi connectivity index (χ1v) is 5.28. The lowest BCUT2D eigenvalue weighted by Gasteiger charge is -2.09. The highest BCUT2D eigenvalue weighted by molar-refractivity contribution is 5.86. The SMILES string of the molecule is Cc1ccc2c(c1)C(C)C1=C2C=CC1. The second-order valence-electron chi connectivity index (χ2n) is 4.36. The average Bonchev–Trinajstić information content (AvgIpc) is 2.72. The molecule has 3 rings (SSSR count). The first-order valence-electron chi connectivity index (χ1n) is 5.28. The van der Waals surface area contributed by atoms with Crippen molar-refractivity contribution in [1.82, 2.24) is 0 Å². The number of rotatable bonds is 0. The lowest BCUT2D eigenvalue weighted by atomic mass is 9.95. The van der Waals surface area contributed by atoms with Crippen molar-refractivity contribution in [3.8, 4) is 0 Å². The summed E-state index contributed by atoms with van der Waals surface area (Å²) >= 11 is 0. The molecule has 0 amide bonds. The van der Waals surface area contributed by atoms with Crippen LogP contribution in [0.4, 0.5) is 0 Å². The quantitative estimate of drug-likeness (QED) is 0.572. The van der Waals surface area contributed by atoms with Crippen LogP contribution in [0.5, 0.6) is 0 Å². The number of aryl methyl sites for hydroxylation is 1. The molecule has 0 N–H and O–H groups in total. The summed E-state index contributed by atoms with van der Waals surface area (Å²) in [5.74, 6) is 0.634. The van der Waals surface area contributed by atoms with Gasteiger partial charge in [-0.3, -0.25) is 0 Å². The highest BCUT2D eigenvalue weighted by Gasteiger charge is 2.27. The van der Waals surface area contributed by atoms with Crippen LogP contribution < -0.4 is 0 Å². The van der Waals surface area contributed by atoms with Crippen LogP contribution in [0.3, 0.4) is 0 Å². The first kappa shape index (κ1) is 8.05. The van der Waals surface area contributed by atoms with Gasteiger partial charge >= 0.3 is 0 Å². The van der Waals surface area contributed by atoms with E-state index in [2.05, 4.69) is 44.2 Å². The van der Waals surface area contributed by atoms with Gasteiger partial charge in [0.15, 0.2) is 0 Å². The summed E-state index contributed by atoms with van der Waals surface area (Å²) in [5.41, 5.74) is 7.48. The third-order valence-corrected chi connectivity index (χ3v) is 3.45. The van der Waals surface area contributed by atoms with Gasteiger partial charge in [0.2, 0.25) is 0 Å². The highest BCUT2D eigenvalue weighted by atomic mass is 14.3. The van der Waals surface area contributed by atoms with E-state index >= 15 is 0 Å². The molecule has 2 aliphatic rings. The zero-order chi connectivity index (χ0) is 9.71. The largest absolute Gasteiger partial charge is 0.0798 e. The van der Waals surface area contributed by atoms with E-state index in [4.69, 9.17) is 0 Å². The van der Waals surface area contributed by atoms with Crippen LogP contribution in [-0.2, 0) is 0 Å². The van der Waals surface area contributed by atoms with Crippen molar-refractivity contribution in [3.63, 3.8) is 0 Å². The van der Waals surface area contributed by atoms with Gasteiger partial charge in [-0.05, 0) is 30.0 Å². The molecule has 1 unspecified atom stereocenters. The molecule has 1 aromatic rings. The highest BCUT2D eigenvalue weighted by Crippen LogP contribution is 2.46. The maximum Gasteiger partial charge on any atom is 0.00384 e. The van der Waals surface area contributed by atoms with Gasteiger partial charge < -0.3 is 0 Å². The van der Waals surface area contributed by atoms with Crippen molar-refractivity contribution in [2.75, 3.05) is 0 Å². The maximum atomic E-state index is 2.34. The van der Waals surface area contributed by atoms with Gasteiger partial charge in [-0.1, -0.05) is 48.4 Å². The molecule has 14 heavy (non-hydrogen) atoms. The number of hydrogen-bond donors (Lipinski definition) is 0. The van der Waals surface area contributed by atoms with E-state index < -0.39 is 0 Å². The molecular weight excluding hydrogens is 168 g/mol. The summed E-state index contributed by atoms with van der Waals surface area (Å²) in [6.45, 7) is 4.50. The van der Waals surface area contributed by atoms with Crippen molar-refractivity contribution >= 4 is 5.57 Å². The minimum atomic E-state index is 0.634. The molecule has 2 aliphatic carbocycles. The van der Waals surface area contributed by atoms with E-state index in [9.17, 15) is 0 Å². The van der Waals surface area contributed by atoms with Gasteiger partial charge in [-0.15, -0.1) is 0 Å². The van der Waals surface area contributed by atoms with Gasteiger partial charge in [0, 0.05) is 5.92 Å². The van der Waals surface area contributed by atoms with Crippen LogP contribution >= 0.6 is 0 Å². The third kappa shape index (κ3) is 0.886. The van der Waals surface area contributed by atoms with Crippen molar-refractivity contribution in [1.29, 1.82) is 0 Å². The Morgan fingerprint density at radius 1 is 1.29 bits per heavy atom. The Labute approximate surface area is 85.0 Å². The van der Waals surface area contributed by atoms with Gasteiger partial charge in [0.05, 0.1) is 0 Å².